The van der Waals surface area contributed by atoms with Gasteiger partial charge in [-0.1, -0.05) is 0 Å². The van der Waals surface area contributed by atoms with E-state index in [9.17, 15) is 9.59 Å². The van der Waals surface area contributed by atoms with Crippen LogP contribution in [-0.4, -0.2) is 64.1 Å². The van der Waals surface area contributed by atoms with E-state index in [1.54, 1.807) is 24.3 Å². The highest BCUT2D eigenvalue weighted by Crippen LogP contribution is 2.33. The third kappa shape index (κ3) is 6.16. The van der Waals surface area contributed by atoms with Gasteiger partial charge in [0.25, 0.3) is 0 Å². The van der Waals surface area contributed by atoms with E-state index in [2.05, 4.69) is 9.97 Å². The molecule has 1 aromatic rings. The number of ether oxygens (including phenoxy) is 1. The Bertz CT molecular complexity index is 703. The molecule has 1 saturated heterocycles. The molecule has 0 spiro atoms. The number of carbonyl (C=O) groups excluding carboxylic acids is 2. The van der Waals surface area contributed by atoms with Gasteiger partial charge in [0.2, 0.25) is 5.91 Å². The number of carbonyl (C=O) groups is 2. The van der Waals surface area contributed by atoms with Crippen LogP contribution in [0.2, 0.25) is 0 Å². The minimum atomic E-state index is -0.477. The monoisotopic (exact) mass is 416 g/mol. The van der Waals surface area contributed by atoms with Gasteiger partial charge in [-0.15, -0.1) is 0 Å². The van der Waals surface area contributed by atoms with Gasteiger partial charge in [0.05, 0.1) is 0 Å². The van der Waals surface area contributed by atoms with E-state index < -0.39 is 5.60 Å². The number of nitrogens with zero attached hydrogens (tertiary/aromatic N) is 4. The molecule has 0 atom stereocenters. The lowest BCUT2D eigenvalue weighted by atomic mass is 9.80. The third-order valence-electron chi connectivity index (χ3n) is 6.19. The molecule has 3 rings (SSSR count). The predicted molar refractivity (Wildman–Crippen MR) is 115 cm³/mol. The summed E-state index contributed by atoms with van der Waals surface area (Å²) in [4.78, 5) is 37.6. The zero-order chi connectivity index (χ0) is 21.7. The van der Waals surface area contributed by atoms with Crippen LogP contribution in [0, 0.1) is 11.8 Å². The molecule has 0 bridgehead atoms. The summed E-state index contributed by atoms with van der Waals surface area (Å²) in [6.45, 7) is 7.92. The molecular weight excluding hydrogens is 380 g/mol. The van der Waals surface area contributed by atoms with E-state index in [1.165, 1.54) is 0 Å². The van der Waals surface area contributed by atoms with E-state index in [1.807, 2.05) is 31.7 Å². The molecule has 1 saturated carbocycles. The van der Waals surface area contributed by atoms with Crippen molar-refractivity contribution < 1.29 is 14.3 Å². The Morgan fingerprint density at radius 1 is 1.07 bits per heavy atom. The fourth-order valence-corrected chi connectivity index (χ4v) is 4.53. The second-order valence-electron chi connectivity index (χ2n) is 9.79. The van der Waals surface area contributed by atoms with Crippen LogP contribution in [0.1, 0.15) is 71.0 Å². The van der Waals surface area contributed by atoms with Crippen LogP contribution >= 0.6 is 0 Å². The van der Waals surface area contributed by atoms with Crippen LogP contribution in [0.15, 0.2) is 18.5 Å². The lowest BCUT2D eigenvalue weighted by Gasteiger charge is -2.36. The van der Waals surface area contributed by atoms with E-state index in [4.69, 9.17) is 4.74 Å². The molecule has 0 radical (unpaired) electrons. The Labute approximate surface area is 180 Å². The van der Waals surface area contributed by atoms with Crippen molar-refractivity contribution >= 4 is 12.0 Å². The first-order chi connectivity index (χ1) is 14.2. The molecule has 2 aliphatic rings. The van der Waals surface area contributed by atoms with Gasteiger partial charge in [-0.2, -0.15) is 0 Å². The molecule has 7 nitrogen and oxygen atoms in total. The van der Waals surface area contributed by atoms with Gasteiger partial charge in [0.15, 0.2) is 0 Å². The van der Waals surface area contributed by atoms with Crippen molar-refractivity contribution in [2.75, 3.05) is 26.7 Å². The maximum absolute atomic E-state index is 13.0. The summed E-state index contributed by atoms with van der Waals surface area (Å²) in [6.07, 6.45) is 8.97. The molecule has 0 unspecified atom stereocenters. The number of amides is 2. The number of rotatable bonds is 4. The minimum absolute atomic E-state index is 0.123. The standard InChI is InChI=1S/C23H36N4O3/c1-23(2,3)30-22(29)26(4)16-17-6-8-19(9-7-17)21(28)27-14-10-18(11-15-27)20-24-12-5-13-25-20/h5,12-13,17-19H,6-11,14-16H2,1-4H3. The lowest BCUT2D eigenvalue weighted by molar-refractivity contribution is -0.138. The van der Waals surface area contributed by atoms with Crippen molar-refractivity contribution in [1.29, 1.82) is 0 Å². The topological polar surface area (TPSA) is 75.6 Å². The van der Waals surface area contributed by atoms with Crippen LogP contribution in [0.5, 0.6) is 0 Å². The molecule has 7 heteroatoms. The first-order valence-corrected chi connectivity index (χ1v) is 11.2. The Kier molecular flexibility index (Phi) is 7.32. The molecule has 1 aromatic heterocycles. The van der Waals surface area contributed by atoms with E-state index in [0.717, 1.165) is 57.4 Å². The Hall–Kier alpha value is -2.18. The highest BCUT2D eigenvalue weighted by molar-refractivity contribution is 5.79. The molecule has 2 amide bonds. The molecule has 166 valence electrons. The van der Waals surface area contributed by atoms with Gasteiger partial charge in [-0.3, -0.25) is 4.79 Å². The van der Waals surface area contributed by atoms with Crippen molar-refractivity contribution in [2.24, 2.45) is 11.8 Å². The molecule has 2 heterocycles. The van der Waals surface area contributed by atoms with Crippen LogP contribution in [0.4, 0.5) is 4.79 Å². The molecule has 0 N–H and O–H groups in total. The summed E-state index contributed by atoms with van der Waals surface area (Å²) in [7, 11) is 1.80. The van der Waals surface area contributed by atoms with E-state index in [-0.39, 0.29) is 12.0 Å². The molecule has 2 fully saturated rings. The SMILES string of the molecule is CN(CC1CCC(C(=O)N2CCC(c3ncccn3)CC2)CC1)C(=O)OC(C)(C)C. The molecule has 30 heavy (non-hydrogen) atoms. The van der Waals surface area contributed by atoms with Crippen LogP contribution in [0.25, 0.3) is 0 Å². The first-order valence-electron chi connectivity index (χ1n) is 11.2. The normalized spacial score (nSPS) is 23.1. The van der Waals surface area contributed by atoms with Crippen LogP contribution in [0.3, 0.4) is 0 Å². The second kappa shape index (κ2) is 9.75. The number of hydrogen-bond donors (Lipinski definition) is 0. The van der Waals surface area contributed by atoms with E-state index >= 15 is 0 Å². The summed E-state index contributed by atoms with van der Waals surface area (Å²) in [5.41, 5.74) is -0.477. The Balaban J connectivity index is 1.41. The van der Waals surface area contributed by atoms with Gasteiger partial charge in [0, 0.05) is 50.9 Å². The summed E-state index contributed by atoms with van der Waals surface area (Å²) in [5, 5.41) is 0. The third-order valence-corrected chi connectivity index (χ3v) is 6.19. The molecule has 1 aliphatic heterocycles. The summed E-state index contributed by atoms with van der Waals surface area (Å²) < 4.78 is 5.44. The van der Waals surface area contributed by atoms with Gasteiger partial charge in [-0.05, 0) is 71.3 Å². The van der Waals surface area contributed by atoms with Crippen molar-refractivity contribution in [3.63, 3.8) is 0 Å². The summed E-state index contributed by atoms with van der Waals surface area (Å²) in [5.74, 6) is 2.13. The lowest BCUT2D eigenvalue weighted by Crippen LogP contribution is -2.43. The zero-order valence-electron chi connectivity index (χ0n) is 18.8. The molecule has 1 aliphatic carbocycles. The quantitative estimate of drug-likeness (QED) is 0.745. The maximum Gasteiger partial charge on any atom is 0.410 e. The first kappa shape index (κ1) is 22.5. The molecule has 0 aromatic carbocycles. The predicted octanol–water partition coefficient (Wildman–Crippen LogP) is 3.86. The highest BCUT2D eigenvalue weighted by Gasteiger charge is 2.33. The van der Waals surface area contributed by atoms with Crippen molar-refractivity contribution in [1.82, 2.24) is 19.8 Å². The zero-order valence-corrected chi connectivity index (χ0v) is 18.8. The van der Waals surface area contributed by atoms with Crippen molar-refractivity contribution in [3.05, 3.63) is 24.3 Å². The smallest absolute Gasteiger partial charge is 0.410 e. The highest BCUT2D eigenvalue weighted by atomic mass is 16.6. The van der Waals surface area contributed by atoms with Crippen LogP contribution in [-0.2, 0) is 9.53 Å². The summed E-state index contributed by atoms with van der Waals surface area (Å²) >= 11 is 0. The minimum Gasteiger partial charge on any atom is -0.444 e. The Morgan fingerprint density at radius 3 is 2.23 bits per heavy atom. The average molecular weight is 417 g/mol. The largest absolute Gasteiger partial charge is 0.444 e. The number of hydrogen-bond acceptors (Lipinski definition) is 5. The number of piperidine rings is 1. The van der Waals surface area contributed by atoms with Gasteiger partial charge < -0.3 is 14.5 Å². The maximum atomic E-state index is 13.0. The summed E-state index contributed by atoms with van der Waals surface area (Å²) in [6, 6.07) is 1.84. The van der Waals surface area contributed by atoms with Crippen molar-refractivity contribution in [3.8, 4) is 0 Å². The van der Waals surface area contributed by atoms with Gasteiger partial charge in [0.1, 0.15) is 11.4 Å². The fourth-order valence-electron chi connectivity index (χ4n) is 4.53. The van der Waals surface area contributed by atoms with Crippen molar-refractivity contribution in [2.45, 2.75) is 70.8 Å². The number of likely N-dealkylation sites (tertiary alicyclic amines) is 1. The average Bonchev–Trinajstić information content (AvgIpc) is 2.73. The fraction of sp³-hybridized carbons (Fsp3) is 0.739. The van der Waals surface area contributed by atoms with Gasteiger partial charge >= 0.3 is 6.09 Å². The second-order valence-corrected chi connectivity index (χ2v) is 9.79. The van der Waals surface area contributed by atoms with Gasteiger partial charge in [-0.25, -0.2) is 14.8 Å². The van der Waals surface area contributed by atoms with E-state index in [0.29, 0.717) is 24.3 Å². The van der Waals surface area contributed by atoms with Crippen LogP contribution < -0.4 is 0 Å². The Morgan fingerprint density at radius 2 is 1.67 bits per heavy atom. The molecular formula is C23H36N4O3. The number of aromatic nitrogens is 2.